The maximum Gasteiger partial charge on any atom is 0.255 e. The van der Waals surface area contributed by atoms with E-state index in [1.54, 1.807) is 0 Å². The molecule has 0 bridgehead atoms. The van der Waals surface area contributed by atoms with Crippen molar-refractivity contribution in [2.24, 2.45) is 7.05 Å². The zero-order valence-corrected chi connectivity index (χ0v) is 14.1. The van der Waals surface area contributed by atoms with Gasteiger partial charge in [-0.05, 0) is 37.6 Å². The molecular weight excluding hydrogens is 290 g/mol. The highest BCUT2D eigenvalue weighted by atomic mass is 16.1. The summed E-state index contributed by atoms with van der Waals surface area (Å²) in [5.41, 5.74) is 3.37. The molecule has 1 aliphatic rings. The molecule has 2 heterocycles. The smallest absolute Gasteiger partial charge is 0.255 e. The van der Waals surface area contributed by atoms with E-state index >= 15 is 0 Å². The van der Waals surface area contributed by atoms with Crippen LogP contribution in [0.2, 0.25) is 0 Å². The summed E-state index contributed by atoms with van der Waals surface area (Å²) in [4.78, 5) is 16.8. The Balaban J connectivity index is 1.82. The van der Waals surface area contributed by atoms with Gasteiger partial charge in [0.2, 0.25) is 0 Å². The summed E-state index contributed by atoms with van der Waals surface area (Å²) in [5.74, 6) is 0.889. The third kappa shape index (κ3) is 2.88. The zero-order chi connectivity index (χ0) is 16.6. The molecule has 1 N–H and O–H groups in total. The van der Waals surface area contributed by atoms with Crippen LogP contribution in [0.15, 0.2) is 24.3 Å². The molecule has 1 saturated heterocycles. The highest BCUT2D eigenvalue weighted by Gasteiger charge is 2.25. The predicted molar refractivity (Wildman–Crippen MR) is 93.5 cm³/mol. The maximum absolute atomic E-state index is 12.6. The number of benzene rings is 1. The number of hydrogen-bond acceptors (Lipinski definition) is 4. The van der Waals surface area contributed by atoms with Crippen LogP contribution < -0.4 is 15.1 Å². The molecule has 0 atom stereocenters. The molecule has 1 fully saturated rings. The van der Waals surface area contributed by atoms with Crippen LogP contribution in [0.4, 0.5) is 17.2 Å². The average Bonchev–Trinajstić information content (AvgIpc) is 2.73. The first-order valence-corrected chi connectivity index (χ1v) is 7.84. The van der Waals surface area contributed by atoms with E-state index in [1.807, 2.05) is 61.9 Å². The van der Waals surface area contributed by atoms with Crippen molar-refractivity contribution < 1.29 is 4.79 Å². The van der Waals surface area contributed by atoms with Crippen molar-refractivity contribution in [3.63, 3.8) is 0 Å². The van der Waals surface area contributed by atoms with Gasteiger partial charge in [-0.1, -0.05) is 0 Å². The van der Waals surface area contributed by atoms with Crippen LogP contribution in [0.25, 0.3) is 0 Å². The molecule has 0 aliphatic carbocycles. The molecule has 2 aromatic rings. The van der Waals surface area contributed by atoms with Crippen LogP contribution >= 0.6 is 0 Å². The molecule has 0 spiro atoms. The zero-order valence-electron chi connectivity index (χ0n) is 14.1. The Hall–Kier alpha value is -2.50. The van der Waals surface area contributed by atoms with Crippen molar-refractivity contribution in [2.75, 3.05) is 42.3 Å². The van der Waals surface area contributed by atoms with Gasteiger partial charge < -0.3 is 15.1 Å². The largest absolute Gasteiger partial charge is 0.378 e. The molecule has 6 heteroatoms. The lowest BCUT2D eigenvalue weighted by molar-refractivity contribution is 0.102. The summed E-state index contributed by atoms with van der Waals surface area (Å²) >= 11 is 0. The number of carbonyl (C=O) groups is 1. The number of rotatable bonds is 4. The molecule has 23 heavy (non-hydrogen) atoms. The fourth-order valence-electron chi connectivity index (χ4n) is 2.78. The molecule has 1 aromatic carbocycles. The molecular formula is C17H23N5O. The van der Waals surface area contributed by atoms with Gasteiger partial charge >= 0.3 is 0 Å². The van der Waals surface area contributed by atoms with Gasteiger partial charge in [-0.3, -0.25) is 9.48 Å². The van der Waals surface area contributed by atoms with E-state index in [9.17, 15) is 4.79 Å². The maximum atomic E-state index is 12.6. The number of carbonyl (C=O) groups excluding carboxylic acids is 1. The first-order chi connectivity index (χ1) is 11.0. The highest BCUT2D eigenvalue weighted by molar-refractivity contribution is 6.06. The Morgan fingerprint density at radius 3 is 2.39 bits per heavy atom. The number of amides is 1. The molecule has 122 valence electrons. The molecule has 3 rings (SSSR count). The minimum Gasteiger partial charge on any atom is -0.378 e. The van der Waals surface area contributed by atoms with Gasteiger partial charge in [0.05, 0.1) is 5.69 Å². The number of anilines is 3. The Labute approximate surface area is 136 Å². The summed E-state index contributed by atoms with van der Waals surface area (Å²) in [7, 11) is 5.88. The van der Waals surface area contributed by atoms with Crippen molar-refractivity contribution in [3.05, 3.63) is 35.5 Å². The number of aryl methyl sites for hydroxylation is 2. The summed E-state index contributed by atoms with van der Waals surface area (Å²) < 4.78 is 1.85. The molecule has 0 saturated carbocycles. The van der Waals surface area contributed by atoms with Gasteiger partial charge in [-0.15, -0.1) is 0 Å². The lowest BCUT2D eigenvalue weighted by Crippen LogP contribution is -2.39. The van der Waals surface area contributed by atoms with Gasteiger partial charge in [0.1, 0.15) is 5.69 Å². The lowest BCUT2D eigenvalue weighted by atomic mass is 10.1. The standard InChI is InChI=1S/C17H23N5O/c1-12-15(17(21(4)19-12)22-10-5-11-22)18-16(23)13-6-8-14(9-7-13)20(2)3/h6-9H,5,10-11H2,1-4H3,(H,18,23). The molecule has 1 amide bonds. The first kappa shape index (κ1) is 15.4. The van der Waals surface area contributed by atoms with E-state index in [4.69, 9.17) is 0 Å². The Bertz CT molecular complexity index is 713. The SMILES string of the molecule is Cc1nn(C)c(N2CCC2)c1NC(=O)c1ccc(N(C)C)cc1. The van der Waals surface area contributed by atoms with E-state index < -0.39 is 0 Å². The van der Waals surface area contributed by atoms with Crippen molar-refractivity contribution >= 4 is 23.1 Å². The summed E-state index contributed by atoms with van der Waals surface area (Å²) in [6.07, 6.45) is 1.18. The van der Waals surface area contributed by atoms with Gasteiger partial charge in [-0.2, -0.15) is 5.10 Å². The summed E-state index contributed by atoms with van der Waals surface area (Å²) in [5, 5.41) is 7.49. The quantitative estimate of drug-likeness (QED) is 0.941. The monoisotopic (exact) mass is 313 g/mol. The van der Waals surface area contributed by atoms with Crippen molar-refractivity contribution in [1.82, 2.24) is 9.78 Å². The Kier molecular flexibility index (Phi) is 3.98. The molecule has 0 radical (unpaired) electrons. The second-order valence-electron chi connectivity index (χ2n) is 6.14. The van der Waals surface area contributed by atoms with Crippen LogP contribution in [0.1, 0.15) is 22.5 Å². The van der Waals surface area contributed by atoms with Crippen LogP contribution in [-0.4, -0.2) is 42.9 Å². The lowest BCUT2D eigenvalue weighted by Gasteiger charge is -2.33. The number of nitrogens with one attached hydrogen (secondary N) is 1. The first-order valence-electron chi connectivity index (χ1n) is 7.84. The molecule has 0 unspecified atom stereocenters. The van der Waals surface area contributed by atoms with E-state index in [0.29, 0.717) is 5.56 Å². The van der Waals surface area contributed by atoms with E-state index in [0.717, 1.165) is 36.0 Å². The van der Waals surface area contributed by atoms with Crippen LogP contribution in [0, 0.1) is 6.92 Å². The minimum absolute atomic E-state index is 0.104. The Morgan fingerprint density at radius 2 is 1.87 bits per heavy atom. The van der Waals surface area contributed by atoms with Gasteiger partial charge in [0.25, 0.3) is 5.91 Å². The van der Waals surface area contributed by atoms with Gasteiger partial charge in [-0.25, -0.2) is 0 Å². The van der Waals surface area contributed by atoms with Gasteiger partial charge in [0.15, 0.2) is 5.82 Å². The van der Waals surface area contributed by atoms with E-state index in [2.05, 4.69) is 15.3 Å². The summed E-state index contributed by atoms with van der Waals surface area (Å²) in [6, 6.07) is 7.59. The summed E-state index contributed by atoms with van der Waals surface area (Å²) in [6.45, 7) is 3.95. The normalized spacial score (nSPS) is 13.7. The average molecular weight is 313 g/mol. The fraction of sp³-hybridized carbons (Fsp3) is 0.412. The van der Waals surface area contributed by atoms with E-state index in [-0.39, 0.29) is 5.91 Å². The molecule has 1 aliphatic heterocycles. The number of hydrogen-bond donors (Lipinski definition) is 1. The van der Waals surface area contributed by atoms with Crippen molar-refractivity contribution in [3.8, 4) is 0 Å². The number of nitrogens with zero attached hydrogens (tertiary/aromatic N) is 4. The van der Waals surface area contributed by atoms with Crippen molar-refractivity contribution in [2.45, 2.75) is 13.3 Å². The highest BCUT2D eigenvalue weighted by Crippen LogP contribution is 2.32. The Morgan fingerprint density at radius 1 is 1.22 bits per heavy atom. The molecule has 6 nitrogen and oxygen atoms in total. The molecule has 1 aromatic heterocycles. The van der Waals surface area contributed by atoms with E-state index in [1.165, 1.54) is 6.42 Å². The van der Waals surface area contributed by atoms with Crippen LogP contribution in [0.3, 0.4) is 0 Å². The second kappa shape index (κ2) is 5.95. The topological polar surface area (TPSA) is 53.4 Å². The van der Waals surface area contributed by atoms with Gasteiger partial charge in [0, 0.05) is 45.5 Å². The predicted octanol–water partition coefficient (Wildman–Crippen LogP) is 2.26. The fourth-order valence-corrected chi connectivity index (χ4v) is 2.78. The second-order valence-corrected chi connectivity index (χ2v) is 6.14. The third-order valence-electron chi connectivity index (χ3n) is 4.23. The number of aromatic nitrogens is 2. The van der Waals surface area contributed by atoms with Crippen LogP contribution in [0.5, 0.6) is 0 Å². The minimum atomic E-state index is -0.104. The van der Waals surface area contributed by atoms with Crippen LogP contribution in [-0.2, 0) is 7.05 Å². The third-order valence-corrected chi connectivity index (χ3v) is 4.23. The van der Waals surface area contributed by atoms with Crippen molar-refractivity contribution in [1.29, 1.82) is 0 Å².